The lowest BCUT2D eigenvalue weighted by molar-refractivity contribution is 0.0915. The van der Waals surface area contributed by atoms with Crippen LogP contribution in [0, 0.1) is 0 Å². The van der Waals surface area contributed by atoms with Crippen molar-refractivity contribution >= 4 is 5.78 Å². The third kappa shape index (κ3) is 3.29. The Morgan fingerprint density at radius 2 is 1.94 bits per heavy atom. The fourth-order valence-corrected chi connectivity index (χ4v) is 1.71. The van der Waals surface area contributed by atoms with E-state index in [0.717, 1.165) is 6.54 Å². The number of furan rings is 1. The first-order chi connectivity index (χ1) is 8.25. The number of likely N-dealkylation sites (N-methyl/N-ethyl adjacent to an activating group) is 1. The molecule has 0 fully saturated rings. The van der Waals surface area contributed by atoms with E-state index in [-0.39, 0.29) is 5.78 Å². The van der Waals surface area contributed by atoms with Gasteiger partial charge in [0.05, 0.1) is 12.8 Å². The van der Waals surface area contributed by atoms with Gasteiger partial charge in [-0.1, -0.05) is 30.3 Å². The van der Waals surface area contributed by atoms with E-state index in [4.69, 9.17) is 4.42 Å². The molecule has 0 bridgehead atoms. The predicted molar refractivity (Wildman–Crippen MR) is 65.8 cm³/mol. The van der Waals surface area contributed by atoms with Gasteiger partial charge in [-0.2, -0.15) is 0 Å². The third-order valence-electron chi connectivity index (χ3n) is 2.50. The number of hydrogen-bond donors (Lipinski definition) is 0. The lowest BCUT2D eigenvalue weighted by Crippen LogP contribution is -2.25. The fourth-order valence-electron chi connectivity index (χ4n) is 1.71. The summed E-state index contributed by atoms with van der Waals surface area (Å²) in [5.41, 5.74) is 1.20. The molecule has 1 aromatic heterocycles. The van der Waals surface area contributed by atoms with E-state index < -0.39 is 0 Å². The second-order valence-corrected chi connectivity index (χ2v) is 4.06. The molecule has 3 nitrogen and oxygen atoms in total. The highest BCUT2D eigenvalue weighted by Crippen LogP contribution is 2.05. The van der Waals surface area contributed by atoms with Gasteiger partial charge in [0, 0.05) is 6.54 Å². The monoisotopic (exact) mass is 229 g/mol. The van der Waals surface area contributed by atoms with E-state index in [2.05, 4.69) is 0 Å². The van der Waals surface area contributed by atoms with E-state index in [9.17, 15) is 4.79 Å². The molecule has 0 atom stereocenters. The summed E-state index contributed by atoms with van der Waals surface area (Å²) in [7, 11) is 1.92. The third-order valence-corrected chi connectivity index (χ3v) is 2.50. The molecule has 0 saturated carbocycles. The first-order valence-electron chi connectivity index (χ1n) is 5.55. The summed E-state index contributed by atoms with van der Waals surface area (Å²) < 4.78 is 5.07. The van der Waals surface area contributed by atoms with Crippen LogP contribution in [0.1, 0.15) is 16.1 Å². The van der Waals surface area contributed by atoms with Crippen LogP contribution in [0.3, 0.4) is 0 Å². The number of Topliss-reactive ketones (excluding diaryl/α,β-unsaturated/α-hetero) is 1. The standard InChI is InChI=1S/C14H15NO2/c1-15(10-12-6-3-2-4-7-12)11-13(16)14-8-5-9-17-14/h2-9H,10-11H2,1H3. The SMILES string of the molecule is CN(CC(=O)c1ccco1)Cc1ccccc1. The van der Waals surface area contributed by atoms with E-state index in [1.165, 1.54) is 11.8 Å². The van der Waals surface area contributed by atoms with Gasteiger partial charge in [-0.3, -0.25) is 9.69 Å². The number of carbonyl (C=O) groups excluding carboxylic acids is 1. The molecule has 0 aliphatic rings. The maximum Gasteiger partial charge on any atom is 0.211 e. The molecule has 1 heterocycles. The first kappa shape index (κ1) is 11.6. The van der Waals surface area contributed by atoms with Gasteiger partial charge in [-0.25, -0.2) is 0 Å². The van der Waals surface area contributed by atoms with E-state index >= 15 is 0 Å². The van der Waals surface area contributed by atoms with Crippen LogP contribution in [-0.4, -0.2) is 24.3 Å². The molecule has 0 aliphatic carbocycles. The normalized spacial score (nSPS) is 10.7. The lowest BCUT2D eigenvalue weighted by atomic mass is 10.2. The second-order valence-electron chi connectivity index (χ2n) is 4.06. The van der Waals surface area contributed by atoms with Gasteiger partial charge in [0.2, 0.25) is 5.78 Å². The minimum absolute atomic E-state index is 0.00781. The van der Waals surface area contributed by atoms with Crippen molar-refractivity contribution < 1.29 is 9.21 Å². The smallest absolute Gasteiger partial charge is 0.211 e. The summed E-state index contributed by atoms with van der Waals surface area (Å²) in [4.78, 5) is 13.7. The summed E-state index contributed by atoms with van der Waals surface area (Å²) in [6, 6.07) is 13.5. The molecule has 0 spiro atoms. The van der Waals surface area contributed by atoms with E-state index in [1.54, 1.807) is 12.1 Å². The maximum absolute atomic E-state index is 11.8. The van der Waals surface area contributed by atoms with Gasteiger partial charge < -0.3 is 4.42 Å². The number of ketones is 1. The molecular formula is C14H15NO2. The zero-order valence-corrected chi connectivity index (χ0v) is 9.80. The minimum atomic E-state index is 0.00781. The van der Waals surface area contributed by atoms with Crippen molar-refractivity contribution in [3.63, 3.8) is 0 Å². The van der Waals surface area contributed by atoms with Crippen LogP contribution >= 0.6 is 0 Å². The lowest BCUT2D eigenvalue weighted by Gasteiger charge is -2.14. The second kappa shape index (κ2) is 5.46. The van der Waals surface area contributed by atoms with E-state index in [0.29, 0.717) is 12.3 Å². The molecule has 0 radical (unpaired) electrons. The quantitative estimate of drug-likeness (QED) is 0.739. The van der Waals surface area contributed by atoms with Gasteiger partial charge in [-0.15, -0.1) is 0 Å². The van der Waals surface area contributed by atoms with Gasteiger partial charge in [0.1, 0.15) is 0 Å². The topological polar surface area (TPSA) is 33.5 Å². The fraction of sp³-hybridized carbons (Fsp3) is 0.214. The molecule has 2 aromatic rings. The average Bonchev–Trinajstić information content (AvgIpc) is 2.83. The maximum atomic E-state index is 11.8. The summed E-state index contributed by atoms with van der Waals surface area (Å²) in [5, 5.41) is 0. The molecule has 0 N–H and O–H groups in total. The average molecular weight is 229 g/mol. The van der Waals surface area contributed by atoms with Crippen LogP contribution in [0.25, 0.3) is 0 Å². The molecule has 2 rings (SSSR count). The molecule has 0 unspecified atom stereocenters. The van der Waals surface area contributed by atoms with Gasteiger partial charge in [-0.05, 0) is 24.7 Å². The van der Waals surface area contributed by atoms with Crippen molar-refractivity contribution in [2.45, 2.75) is 6.54 Å². The molecule has 0 amide bonds. The molecule has 88 valence electrons. The number of rotatable bonds is 5. The minimum Gasteiger partial charge on any atom is -0.461 e. The van der Waals surface area contributed by atoms with Crippen molar-refractivity contribution in [3.05, 3.63) is 60.1 Å². The Bertz CT molecular complexity index is 462. The van der Waals surface area contributed by atoms with Crippen molar-refractivity contribution in [1.29, 1.82) is 0 Å². The van der Waals surface area contributed by atoms with Crippen molar-refractivity contribution in [2.75, 3.05) is 13.6 Å². The zero-order chi connectivity index (χ0) is 12.1. The highest BCUT2D eigenvalue weighted by atomic mass is 16.3. The Kier molecular flexibility index (Phi) is 3.73. The molecule has 0 saturated heterocycles. The molecule has 3 heteroatoms. The Hall–Kier alpha value is -1.87. The summed E-state index contributed by atoms with van der Waals surface area (Å²) >= 11 is 0. The number of nitrogens with zero attached hydrogens (tertiary/aromatic N) is 1. The highest BCUT2D eigenvalue weighted by molar-refractivity contribution is 5.94. The highest BCUT2D eigenvalue weighted by Gasteiger charge is 2.11. The zero-order valence-electron chi connectivity index (χ0n) is 9.80. The van der Waals surface area contributed by atoms with Crippen LogP contribution in [0.5, 0.6) is 0 Å². The Morgan fingerprint density at radius 1 is 1.18 bits per heavy atom. The van der Waals surface area contributed by atoms with Crippen LogP contribution < -0.4 is 0 Å². The molecule has 17 heavy (non-hydrogen) atoms. The van der Waals surface area contributed by atoms with Crippen molar-refractivity contribution in [3.8, 4) is 0 Å². The van der Waals surface area contributed by atoms with E-state index in [1.807, 2.05) is 42.3 Å². The van der Waals surface area contributed by atoms with Crippen LogP contribution in [-0.2, 0) is 6.54 Å². The molecule has 0 aliphatic heterocycles. The Morgan fingerprint density at radius 3 is 2.59 bits per heavy atom. The van der Waals surface area contributed by atoms with Crippen LogP contribution in [0.4, 0.5) is 0 Å². The summed E-state index contributed by atoms with van der Waals surface area (Å²) in [6.45, 7) is 1.12. The molecular weight excluding hydrogens is 214 g/mol. The predicted octanol–water partition coefficient (Wildman–Crippen LogP) is 2.59. The Balaban J connectivity index is 1.90. The summed E-state index contributed by atoms with van der Waals surface area (Å²) in [6.07, 6.45) is 1.52. The first-order valence-corrected chi connectivity index (χ1v) is 5.55. The van der Waals surface area contributed by atoms with Crippen molar-refractivity contribution in [2.24, 2.45) is 0 Å². The van der Waals surface area contributed by atoms with Gasteiger partial charge >= 0.3 is 0 Å². The van der Waals surface area contributed by atoms with Crippen LogP contribution in [0.15, 0.2) is 53.1 Å². The van der Waals surface area contributed by atoms with Gasteiger partial charge in [0.25, 0.3) is 0 Å². The number of carbonyl (C=O) groups is 1. The van der Waals surface area contributed by atoms with Gasteiger partial charge in [0.15, 0.2) is 5.76 Å². The molecule has 1 aromatic carbocycles. The number of benzene rings is 1. The number of hydrogen-bond acceptors (Lipinski definition) is 3. The largest absolute Gasteiger partial charge is 0.461 e. The van der Waals surface area contributed by atoms with Crippen molar-refractivity contribution in [1.82, 2.24) is 4.90 Å². The Labute approximate surface area is 101 Å². The van der Waals surface area contributed by atoms with Crippen LogP contribution in [0.2, 0.25) is 0 Å². The summed E-state index contributed by atoms with van der Waals surface area (Å²) in [5.74, 6) is 0.429.